The van der Waals surface area contributed by atoms with Crippen molar-refractivity contribution in [3.8, 4) is 11.8 Å². The molecular weight excluding hydrogens is 208 g/mol. The molecule has 1 rings (SSSR count). The summed E-state index contributed by atoms with van der Waals surface area (Å²) in [6, 6.07) is 0. The molecule has 0 aliphatic carbocycles. The molecule has 3 nitrogen and oxygen atoms in total. The molecule has 0 spiro atoms. The topological polar surface area (TPSA) is 42.9 Å². The fourth-order valence-corrected chi connectivity index (χ4v) is 1.91. The van der Waals surface area contributed by atoms with Crippen LogP contribution in [0.15, 0.2) is 0 Å². The average molecular weight is 222 g/mol. The number of rotatable bonds is 5. The van der Waals surface area contributed by atoms with Crippen LogP contribution in [0, 0.1) is 11.8 Å². The van der Waals surface area contributed by atoms with E-state index in [2.05, 4.69) is 28.4 Å². The summed E-state index contributed by atoms with van der Waals surface area (Å²) in [5.41, 5.74) is 0.844. The highest BCUT2D eigenvalue weighted by Gasteiger charge is 2.14. The summed E-state index contributed by atoms with van der Waals surface area (Å²) in [6.07, 6.45) is 2.91. The molecule has 0 saturated carbocycles. The fraction of sp³-hybridized carbons (Fsp3) is 0.545. The highest BCUT2D eigenvalue weighted by atomic mass is 32.1. The summed E-state index contributed by atoms with van der Waals surface area (Å²) in [7, 11) is 0. The first-order valence-corrected chi connectivity index (χ1v) is 5.81. The fourth-order valence-electron chi connectivity index (χ4n) is 1.24. The molecule has 0 aromatic carbocycles. The minimum Gasteiger partial charge on any atom is -0.293 e. The van der Waals surface area contributed by atoms with Gasteiger partial charge in [0.2, 0.25) is 0 Å². The Morgan fingerprint density at radius 3 is 3.00 bits per heavy atom. The lowest BCUT2D eigenvalue weighted by molar-refractivity contribution is 0.0987. The quantitative estimate of drug-likeness (QED) is 0.568. The average Bonchev–Trinajstić information content (AvgIpc) is 2.67. The minimum atomic E-state index is 0.121. The Bertz CT molecular complexity index is 387. The molecule has 0 atom stereocenters. The van der Waals surface area contributed by atoms with Crippen LogP contribution in [0.25, 0.3) is 0 Å². The molecule has 0 aliphatic heterocycles. The molecule has 0 amide bonds. The molecule has 1 aromatic rings. The van der Waals surface area contributed by atoms with Crippen molar-refractivity contribution in [3.63, 3.8) is 0 Å². The second kappa shape index (κ2) is 6.31. The maximum atomic E-state index is 11.7. The zero-order valence-electron chi connectivity index (χ0n) is 9.04. The Hall–Kier alpha value is -1.21. The largest absolute Gasteiger partial charge is 0.293 e. The monoisotopic (exact) mass is 222 g/mol. The van der Waals surface area contributed by atoms with Crippen molar-refractivity contribution in [2.75, 3.05) is 0 Å². The summed E-state index contributed by atoms with van der Waals surface area (Å²) in [5, 5.41) is 3.97. The third kappa shape index (κ3) is 3.45. The number of hydrogen-bond donors (Lipinski definition) is 0. The molecule has 1 aromatic heterocycles. The van der Waals surface area contributed by atoms with E-state index in [0.29, 0.717) is 12.8 Å². The summed E-state index contributed by atoms with van der Waals surface area (Å²) >= 11 is 1.20. The maximum absolute atomic E-state index is 11.7. The van der Waals surface area contributed by atoms with E-state index in [4.69, 9.17) is 0 Å². The third-order valence-electron chi connectivity index (χ3n) is 1.95. The SMILES string of the molecule is CC#CCCC(=O)c1snnc1CCC. The maximum Gasteiger partial charge on any atom is 0.177 e. The number of ketones is 1. The molecule has 0 radical (unpaired) electrons. The first kappa shape index (κ1) is 11.9. The molecular formula is C11H14N2OS. The van der Waals surface area contributed by atoms with Gasteiger partial charge in [0.1, 0.15) is 4.88 Å². The van der Waals surface area contributed by atoms with Gasteiger partial charge < -0.3 is 0 Å². The van der Waals surface area contributed by atoms with Gasteiger partial charge in [-0.25, -0.2) is 0 Å². The van der Waals surface area contributed by atoms with E-state index >= 15 is 0 Å². The zero-order chi connectivity index (χ0) is 11.1. The molecule has 0 bridgehead atoms. The van der Waals surface area contributed by atoms with Crippen LogP contribution in [0.1, 0.15) is 48.5 Å². The molecule has 4 heteroatoms. The molecule has 80 valence electrons. The first-order chi connectivity index (χ1) is 7.29. The van der Waals surface area contributed by atoms with Gasteiger partial charge in [0.15, 0.2) is 5.78 Å². The summed E-state index contributed by atoms with van der Waals surface area (Å²) in [4.78, 5) is 12.5. The second-order valence-electron chi connectivity index (χ2n) is 3.15. The van der Waals surface area contributed by atoms with E-state index in [1.807, 2.05) is 0 Å². The number of aryl methyl sites for hydroxylation is 1. The predicted octanol–water partition coefficient (Wildman–Crippen LogP) is 2.48. The van der Waals surface area contributed by atoms with Gasteiger partial charge in [-0.05, 0) is 24.9 Å². The third-order valence-corrected chi connectivity index (χ3v) is 2.76. The molecule has 0 fully saturated rings. The number of carbonyl (C=O) groups excluding carboxylic acids is 1. The van der Waals surface area contributed by atoms with Crippen LogP contribution in [0.4, 0.5) is 0 Å². The van der Waals surface area contributed by atoms with Crippen molar-refractivity contribution in [3.05, 3.63) is 10.6 Å². The van der Waals surface area contributed by atoms with Crippen LogP contribution in [-0.4, -0.2) is 15.4 Å². The van der Waals surface area contributed by atoms with Gasteiger partial charge in [0, 0.05) is 12.8 Å². The van der Waals surface area contributed by atoms with Crippen LogP contribution in [0.3, 0.4) is 0 Å². The Morgan fingerprint density at radius 2 is 2.33 bits per heavy atom. The van der Waals surface area contributed by atoms with E-state index in [9.17, 15) is 4.79 Å². The Kier molecular flexibility index (Phi) is 4.99. The van der Waals surface area contributed by atoms with E-state index in [1.54, 1.807) is 6.92 Å². The van der Waals surface area contributed by atoms with E-state index in [-0.39, 0.29) is 5.78 Å². The van der Waals surface area contributed by atoms with Crippen LogP contribution < -0.4 is 0 Å². The van der Waals surface area contributed by atoms with Crippen molar-refractivity contribution < 1.29 is 4.79 Å². The van der Waals surface area contributed by atoms with E-state index < -0.39 is 0 Å². The van der Waals surface area contributed by atoms with Crippen LogP contribution in [0.5, 0.6) is 0 Å². The number of hydrogen-bond acceptors (Lipinski definition) is 4. The lowest BCUT2D eigenvalue weighted by atomic mass is 10.1. The van der Waals surface area contributed by atoms with Crippen LogP contribution in [-0.2, 0) is 6.42 Å². The summed E-state index contributed by atoms with van der Waals surface area (Å²) < 4.78 is 3.82. The van der Waals surface area contributed by atoms with Crippen LogP contribution >= 0.6 is 11.5 Å². The second-order valence-corrected chi connectivity index (χ2v) is 3.90. The smallest absolute Gasteiger partial charge is 0.177 e. The summed E-state index contributed by atoms with van der Waals surface area (Å²) in [6.45, 7) is 3.84. The highest BCUT2D eigenvalue weighted by molar-refractivity contribution is 7.08. The van der Waals surface area contributed by atoms with Gasteiger partial charge in [-0.15, -0.1) is 16.9 Å². The molecule has 15 heavy (non-hydrogen) atoms. The zero-order valence-corrected chi connectivity index (χ0v) is 9.86. The predicted molar refractivity (Wildman–Crippen MR) is 60.9 cm³/mol. The van der Waals surface area contributed by atoms with Crippen molar-refractivity contribution in [1.29, 1.82) is 0 Å². The standard InChI is InChI=1S/C11H14N2OS/c1-3-5-6-8-10(14)11-9(7-4-2)12-13-15-11/h4,6-8H2,1-2H3. The Morgan fingerprint density at radius 1 is 1.53 bits per heavy atom. The molecule has 1 heterocycles. The molecule has 0 unspecified atom stereocenters. The van der Waals surface area contributed by atoms with Crippen molar-refractivity contribution >= 4 is 17.3 Å². The lowest BCUT2D eigenvalue weighted by Crippen LogP contribution is -2.00. The number of Topliss-reactive ketones (excluding diaryl/α,β-unsaturated/α-hetero) is 1. The van der Waals surface area contributed by atoms with Gasteiger partial charge in [0.05, 0.1) is 5.69 Å². The van der Waals surface area contributed by atoms with Crippen LogP contribution in [0.2, 0.25) is 0 Å². The van der Waals surface area contributed by atoms with Gasteiger partial charge in [-0.1, -0.05) is 17.8 Å². The van der Waals surface area contributed by atoms with E-state index in [1.165, 1.54) is 11.5 Å². The van der Waals surface area contributed by atoms with Gasteiger partial charge in [0.25, 0.3) is 0 Å². The lowest BCUT2D eigenvalue weighted by Gasteiger charge is -1.96. The normalized spacial score (nSPS) is 9.47. The molecule has 0 saturated heterocycles. The van der Waals surface area contributed by atoms with Gasteiger partial charge >= 0.3 is 0 Å². The summed E-state index contributed by atoms with van der Waals surface area (Å²) in [5.74, 6) is 5.79. The van der Waals surface area contributed by atoms with Crippen molar-refractivity contribution in [2.24, 2.45) is 0 Å². The number of carbonyl (C=O) groups is 1. The molecule has 0 aliphatic rings. The van der Waals surface area contributed by atoms with Gasteiger partial charge in [-0.2, -0.15) is 0 Å². The van der Waals surface area contributed by atoms with Crippen molar-refractivity contribution in [2.45, 2.75) is 39.5 Å². The van der Waals surface area contributed by atoms with Crippen molar-refractivity contribution in [1.82, 2.24) is 9.59 Å². The number of aromatic nitrogens is 2. The highest BCUT2D eigenvalue weighted by Crippen LogP contribution is 2.15. The Balaban J connectivity index is 2.63. The number of nitrogens with zero attached hydrogens (tertiary/aromatic N) is 2. The first-order valence-electron chi connectivity index (χ1n) is 5.03. The van der Waals surface area contributed by atoms with Gasteiger partial charge in [-0.3, -0.25) is 4.79 Å². The minimum absolute atomic E-state index is 0.121. The Labute approximate surface area is 94.1 Å². The van der Waals surface area contributed by atoms with E-state index in [0.717, 1.165) is 23.4 Å². The molecule has 0 N–H and O–H groups in total.